The van der Waals surface area contributed by atoms with Crippen molar-refractivity contribution in [2.45, 2.75) is 26.7 Å². The van der Waals surface area contributed by atoms with Gasteiger partial charge in [0.25, 0.3) is 0 Å². The van der Waals surface area contributed by atoms with Crippen molar-refractivity contribution in [3.05, 3.63) is 23.6 Å². The first-order valence-corrected chi connectivity index (χ1v) is 4.74. The van der Waals surface area contributed by atoms with Crippen molar-refractivity contribution in [2.24, 2.45) is 17.8 Å². The van der Waals surface area contributed by atoms with Crippen molar-refractivity contribution in [1.82, 2.24) is 0 Å². The average Bonchev–Trinajstić information content (AvgIpc) is 1.85. The van der Waals surface area contributed by atoms with Crippen LogP contribution < -0.4 is 0 Å². The summed E-state index contributed by atoms with van der Waals surface area (Å²) in [6.45, 7) is 4.19. The van der Waals surface area contributed by atoms with Gasteiger partial charge in [-0.1, -0.05) is 12.5 Å². The Balaban J connectivity index is 2.28. The number of rotatable bonds is 0. The Bertz CT molecular complexity index is 250. The van der Waals surface area contributed by atoms with E-state index in [-0.39, 0.29) is 5.83 Å². The Hall–Kier alpha value is -0.590. The predicted octanol–water partition coefficient (Wildman–Crippen LogP) is 3.46. The van der Waals surface area contributed by atoms with Gasteiger partial charge in [-0.2, -0.15) is 0 Å². The third-order valence-corrected chi connectivity index (χ3v) is 3.38. The molecule has 0 saturated heterocycles. The van der Waals surface area contributed by atoms with E-state index in [1.165, 1.54) is 18.4 Å². The van der Waals surface area contributed by atoms with E-state index >= 15 is 0 Å². The van der Waals surface area contributed by atoms with Crippen LogP contribution in [-0.4, -0.2) is 0 Å². The SMILES string of the molecule is CC1=CC(F)=CC(C)[C@H]2CCC12. The maximum Gasteiger partial charge on any atom is 0.119 e. The molecule has 66 valence electrons. The molecule has 0 bridgehead atoms. The highest BCUT2D eigenvalue weighted by molar-refractivity contribution is 5.25. The molecule has 2 aliphatic carbocycles. The van der Waals surface area contributed by atoms with Crippen LogP contribution >= 0.6 is 0 Å². The summed E-state index contributed by atoms with van der Waals surface area (Å²) in [6, 6.07) is 0. The van der Waals surface area contributed by atoms with E-state index in [1.54, 1.807) is 12.2 Å². The Morgan fingerprint density at radius 1 is 1.42 bits per heavy atom. The second-order valence-corrected chi connectivity index (χ2v) is 4.15. The van der Waals surface area contributed by atoms with Crippen LogP contribution in [0.1, 0.15) is 26.7 Å². The number of fused-ring (bicyclic) bond motifs is 1. The molecule has 0 aliphatic heterocycles. The summed E-state index contributed by atoms with van der Waals surface area (Å²) < 4.78 is 13.1. The maximum absolute atomic E-state index is 13.1. The Morgan fingerprint density at radius 3 is 2.75 bits per heavy atom. The zero-order chi connectivity index (χ0) is 8.72. The summed E-state index contributed by atoms with van der Waals surface area (Å²) in [4.78, 5) is 0. The van der Waals surface area contributed by atoms with Crippen molar-refractivity contribution < 1.29 is 4.39 Å². The zero-order valence-corrected chi connectivity index (χ0v) is 7.68. The first-order chi connectivity index (χ1) is 5.68. The minimum atomic E-state index is -0.0330. The fourth-order valence-electron chi connectivity index (χ4n) is 2.47. The molecule has 0 heterocycles. The molecular formula is C11H15F. The highest BCUT2D eigenvalue weighted by Crippen LogP contribution is 2.46. The highest BCUT2D eigenvalue weighted by atomic mass is 19.1. The molecule has 12 heavy (non-hydrogen) atoms. The molecule has 0 nitrogen and oxygen atoms in total. The van der Waals surface area contributed by atoms with Gasteiger partial charge in [0.15, 0.2) is 0 Å². The maximum atomic E-state index is 13.1. The lowest BCUT2D eigenvalue weighted by Crippen LogP contribution is -2.30. The van der Waals surface area contributed by atoms with E-state index in [2.05, 4.69) is 13.8 Å². The molecule has 0 N–H and O–H groups in total. The van der Waals surface area contributed by atoms with Crippen LogP contribution in [0, 0.1) is 17.8 Å². The lowest BCUT2D eigenvalue weighted by Gasteiger charge is -2.39. The van der Waals surface area contributed by atoms with Gasteiger partial charge in [-0.05, 0) is 49.7 Å². The molecule has 0 radical (unpaired) electrons. The third kappa shape index (κ3) is 1.12. The molecule has 0 aromatic heterocycles. The molecule has 0 spiro atoms. The Kier molecular flexibility index (Phi) is 1.82. The van der Waals surface area contributed by atoms with Crippen LogP contribution in [-0.2, 0) is 0 Å². The Morgan fingerprint density at radius 2 is 2.17 bits per heavy atom. The smallest absolute Gasteiger partial charge is 0.119 e. The van der Waals surface area contributed by atoms with Crippen molar-refractivity contribution >= 4 is 0 Å². The van der Waals surface area contributed by atoms with Crippen molar-refractivity contribution in [1.29, 1.82) is 0 Å². The van der Waals surface area contributed by atoms with Gasteiger partial charge in [0.1, 0.15) is 5.83 Å². The molecule has 3 atom stereocenters. The van der Waals surface area contributed by atoms with E-state index in [9.17, 15) is 4.39 Å². The quantitative estimate of drug-likeness (QED) is 0.517. The number of hydrogen-bond acceptors (Lipinski definition) is 0. The van der Waals surface area contributed by atoms with E-state index in [1.807, 2.05) is 0 Å². The van der Waals surface area contributed by atoms with Gasteiger partial charge < -0.3 is 0 Å². The third-order valence-electron chi connectivity index (χ3n) is 3.38. The summed E-state index contributed by atoms with van der Waals surface area (Å²) in [7, 11) is 0. The van der Waals surface area contributed by atoms with Gasteiger partial charge in [-0.3, -0.25) is 0 Å². The molecule has 0 amide bonds. The molecule has 1 heteroatoms. The van der Waals surface area contributed by atoms with Gasteiger partial charge in [-0.15, -0.1) is 0 Å². The van der Waals surface area contributed by atoms with Crippen LogP contribution in [0.4, 0.5) is 4.39 Å². The summed E-state index contributed by atoms with van der Waals surface area (Å²) in [5, 5.41) is 0. The fraction of sp³-hybridized carbons (Fsp3) is 0.636. The number of halogens is 1. The van der Waals surface area contributed by atoms with Crippen LogP contribution in [0.15, 0.2) is 23.6 Å². The summed E-state index contributed by atoms with van der Waals surface area (Å²) in [6.07, 6.45) is 6.02. The van der Waals surface area contributed by atoms with Gasteiger partial charge in [0.2, 0.25) is 0 Å². The van der Waals surface area contributed by atoms with E-state index < -0.39 is 0 Å². The zero-order valence-electron chi connectivity index (χ0n) is 7.68. The second kappa shape index (κ2) is 2.72. The molecule has 1 saturated carbocycles. The van der Waals surface area contributed by atoms with E-state index in [0.717, 1.165) is 5.92 Å². The van der Waals surface area contributed by atoms with Crippen molar-refractivity contribution in [2.75, 3.05) is 0 Å². The molecule has 2 aliphatic rings. The number of allylic oxidation sites excluding steroid dienone is 4. The van der Waals surface area contributed by atoms with E-state index in [4.69, 9.17) is 0 Å². The molecular weight excluding hydrogens is 151 g/mol. The van der Waals surface area contributed by atoms with Gasteiger partial charge in [0, 0.05) is 0 Å². The largest absolute Gasteiger partial charge is 0.207 e. The monoisotopic (exact) mass is 166 g/mol. The van der Waals surface area contributed by atoms with Crippen molar-refractivity contribution in [3.8, 4) is 0 Å². The van der Waals surface area contributed by atoms with Gasteiger partial charge in [0.05, 0.1) is 0 Å². The average molecular weight is 166 g/mol. The summed E-state index contributed by atoms with van der Waals surface area (Å²) in [5.41, 5.74) is 1.24. The normalized spacial score (nSPS) is 40.4. The van der Waals surface area contributed by atoms with Crippen LogP contribution in [0.2, 0.25) is 0 Å². The highest BCUT2D eigenvalue weighted by Gasteiger charge is 2.36. The fourth-order valence-corrected chi connectivity index (χ4v) is 2.47. The van der Waals surface area contributed by atoms with E-state index in [0.29, 0.717) is 11.8 Å². The van der Waals surface area contributed by atoms with Crippen LogP contribution in [0.25, 0.3) is 0 Å². The molecule has 2 unspecified atom stereocenters. The minimum absolute atomic E-state index is 0.0330. The summed E-state index contributed by atoms with van der Waals surface area (Å²) in [5.74, 6) is 1.78. The molecule has 0 aromatic carbocycles. The van der Waals surface area contributed by atoms with Crippen LogP contribution in [0.3, 0.4) is 0 Å². The lowest BCUT2D eigenvalue weighted by molar-refractivity contribution is 0.169. The van der Waals surface area contributed by atoms with Gasteiger partial charge in [-0.25, -0.2) is 4.39 Å². The first-order valence-electron chi connectivity index (χ1n) is 4.74. The predicted molar refractivity (Wildman–Crippen MR) is 48.3 cm³/mol. The minimum Gasteiger partial charge on any atom is -0.207 e. The second-order valence-electron chi connectivity index (χ2n) is 4.15. The Labute approximate surface area is 73.2 Å². The number of hydrogen-bond donors (Lipinski definition) is 0. The van der Waals surface area contributed by atoms with Crippen LogP contribution in [0.5, 0.6) is 0 Å². The molecule has 1 fully saturated rings. The molecule has 0 aromatic rings. The van der Waals surface area contributed by atoms with Gasteiger partial charge >= 0.3 is 0 Å². The summed E-state index contributed by atoms with van der Waals surface area (Å²) >= 11 is 0. The lowest BCUT2D eigenvalue weighted by atomic mass is 9.65. The standard InChI is InChI=1S/C11H15F/c1-7-5-9(12)6-8(2)11-4-3-10(7)11/h5-7,10-11H,3-4H2,1-2H3/t7?,10-,11?/m1/s1. The molecule has 2 rings (SSSR count). The first kappa shape index (κ1) is 8.03. The van der Waals surface area contributed by atoms with Crippen molar-refractivity contribution in [3.63, 3.8) is 0 Å². The topological polar surface area (TPSA) is 0 Å².